The number of nitrogens with zero attached hydrogens (tertiary/aromatic N) is 1. The minimum atomic E-state index is 0.783. The van der Waals surface area contributed by atoms with Crippen molar-refractivity contribution < 1.29 is 0 Å². The Morgan fingerprint density at radius 1 is 1.11 bits per heavy atom. The molecule has 27 heavy (non-hydrogen) atoms. The van der Waals surface area contributed by atoms with E-state index in [0.717, 1.165) is 11.6 Å². The minimum Gasteiger partial charge on any atom is -0.236 e. The molecule has 1 nitrogen and oxygen atoms in total. The third-order valence-corrected chi connectivity index (χ3v) is 7.77. The molecule has 0 saturated carbocycles. The summed E-state index contributed by atoms with van der Waals surface area (Å²) >= 11 is 3.71. The van der Waals surface area contributed by atoms with Gasteiger partial charge >= 0.3 is 0 Å². The van der Waals surface area contributed by atoms with E-state index in [1.807, 2.05) is 11.3 Å². The molecule has 1 aliphatic carbocycles. The van der Waals surface area contributed by atoms with Gasteiger partial charge in [-0.25, -0.2) is 4.98 Å². The number of benzene rings is 1. The zero-order valence-electron chi connectivity index (χ0n) is 16.0. The SMILES string of the molecule is Cc1cccc(-c2c(C)c(-c3cccs3)nc3sc4c(c23)CCC(C)C4)c1. The second-order valence-corrected chi connectivity index (χ2v) is 9.87. The molecule has 3 heterocycles. The van der Waals surface area contributed by atoms with Crippen molar-refractivity contribution in [3.8, 4) is 21.7 Å². The van der Waals surface area contributed by atoms with Gasteiger partial charge in [0.25, 0.3) is 0 Å². The lowest BCUT2D eigenvalue weighted by Crippen LogP contribution is -2.08. The van der Waals surface area contributed by atoms with E-state index in [1.54, 1.807) is 21.8 Å². The van der Waals surface area contributed by atoms with Gasteiger partial charge in [0.05, 0.1) is 10.6 Å². The summed E-state index contributed by atoms with van der Waals surface area (Å²) in [5.41, 5.74) is 8.08. The van der Waals surface area contributed by atoms with Gasteiger partial charge in [0.15, 0.2) is 0 Å². The fraction of sp³-hybridized carbons (Fsp3) is 0.292. The first-order chi connectivity index (χ1) is 13.1. The Balaban J connectivity index is 1.88. The number of pyridine rings is 1. The lowest BCUT2D eigenvalue weighted by Gasteiger charge is -2.19. The van der Waals surface area contributed by atoms with E-state index in [9.17, 15) is 0 Å². The minimum absolute atomic E-state index is 0.783. The van der Waals surface area contributed by atoms with Crippen LogP contribution in [0, 0.1) is 19.8 Å². The van der Waals surface area contributed by atoms with Crippen LogP contribution in [0.4, 0.5) is 0 Å². The van der Waals surface area contributed by atoms with Gasteiger partial charge in [-0.2, -0.15) is 0 Å². The smallest absolute Gasteiger partial charge is 0.125 e. The lowest BCUT2D eigenvalue weighted by molar-refractivity contribution is 0.509. The number of hydrogen-bond donors (Lipinski definition) is 0. The summed E-state index contributed by atoms with van der Waals surface area (Å²) in [4.78, 5) is 9.24. The molecule has 0 amide bonds. The van der Waals surface area contributed by atoms with Gasteiger partial charge in [-0.3, -0.25) is 0 Å². The highest BCUT2D eigenvalue weighted by molar-refractivity contribution is 7.19. The first-order valence-electron chi connectivity index (χ1n) is 9.67. The van der Waals surface area contributed by atoms with Gasteiger partial charge in [0.1, 0.15) is 4.83 Å². The molecule has 0 N–H and O–H groups in total. The maximum Gasteiger partial charge on any atom is 0.125 e. The van der Waals surface area contributed by atoms with E-state index in [-0.39, 0.29) is 0 Å². The molecular weight excluding hydrogens is 366 g/mol. The van der Waals surface area contributed by atoms with Crippen LogP contribution in [0.3, 0.4) is 0 Å². The zero-order chi connectivity index (χ0) is 18.5. The van der Waals surface area contributed by atoms with Crippen LogP contribution in [0.1, 0.15) is 34.9 Å². The van der Waals surface area contributed by atoms with E-state index in [1.165, 1.54) is 56.6 Å². The van der Waals surface area contributed by atoms with Gasteiger partial charge in [-0.15, -0.1) is 22.7 Å². The predicted molar refractivity (Wildman–Crippen MR) is 119 cm³/mol. The highest BCUT2D eigenvalue weighted by Crippen LogP contribution is 2.45. The van der Waals surface area contributed by atoms with Gasteiger partial charge in [-0.05, 0) is 72.7 Å². The number of fused-ring (bicyclic) bond motifs is 3. The highest BCUT2D eigenvalue weighted by Gasteiger charge is 2.25. The summed E-state index contributed by atoms with van der Waals surface area (Å²) in [5, 5.41) is 3.57. The standard InChI is InChI=1S/C24H23NS2/c1-14-6-4-7-17(12-14)21-16(3)23(19-8-5-11-26-19)25-24-22(21)18-10-9-15(2)13-20(18)27-24/h4-8,11-12,15H,9-10,13H2,1-3H3. The van der Waals surface area contributed by atoms with Crippen molar-refractivity contribution in [2.45, 2.75) is 40.0 Å². The van der Waals surface area contributed by atoms with E-state index in [4.69, 9.17) is 4.98 Å². The maximum absolute atomic E-state index is 5.18. The normalized spacial score (nSPS) is 16.6. The quantitative estimate of drug-likeness (QED) is 0.347. The summed E-state index contributed by atoms with van der Waals surface area (Å²) in [6.45, 7) is 6.82. The second kappa shape index (κ2) is 6.57. The molecule has 1 aromatic carbocycles. The first-order valence-corrected chi connectivity index (χ1v) is 11.4. The number of thiophene rings is 2. The third-order valence-electron chi connectivity index (χ3n) is 5.75. The molecule has 0 bridgehead atoms. The Morgan fingerprint density at radius 3 is 2.78 bits per heavy atom. The summed E-state index contributed by atoms with van der Waals surface area (Å²) in [7, 11) is 0. The molecule has 0 fully saturated rings. The summed E-state index contributed by atoms with van der Waals surface area (Å²) in [6.07, 6.45) is 3.68. The van der Waals surface area contributed by atoms with Crippen molar-refractivity contribution in [1.29, 1.82) is 0 Å². The van der Waals surface area contributed by atoms with Crippen molar-refractivity contribution in [3.05, 3.63) is 63.3 Å². The van der Waals surface area contributed by atoms with E-state index in [0.29, 0.717) is 0 Å². The van der Waals surface area contributed by atoms with Gasteiger partial charge < -0.3 is 0 Å². The Labute approximate surface area is 168 Å². The fourth-order valence-corrected chi connectivity index (χ4v) is 6.54. The molecule has 0 aliphatic heterocycles. The van der Waals surface area contributed by atoms with Crippen LogP contribution in [0.15, 0.2) is 41.8 Å². The second-order valence-electron chi connectivity index (χ2n) is 7.84. The van der Waals surface area contributed by atoms with Crippen molar-refractivity contribution in [2.75, 3.05) is 0 Å². The molecule has 0 radical (unpaired) electrons. The molecule has 1 atom stereocenters. The van der Waals surface area contributed by atoms with Crippen LogP contribution in [0.2, 0.25) is 0 Å². The Bertz CT molecular complexity index is 1140. The number of rotatable bonds is 2. The van der Waals surface area contributed by atoms with Crippen molar-refractivity contribution in [1.82, 2.24) is 4.98 Å². The molecule has 0 spiro atoms. The van der Waals surface area contributed by atoms with Crippen LogP contribution >= 0.6 is 22.7 Å². The van der Waals surface area contributed by atoms with Gasteiger partial charge in [0.2, 0.25) is 0 Å². The maximum atomic E-state index is 5.18. The Kier molecular flexibility index (Phi) is 4.18. The number of hydrogen-bond acceptors (Lipinski definition) is 3. The molecule has 4 aromatic rings. The average molecular weight is 390 g/mol. The number of aromatic nitrogens is 1. The molecule has 136 valence electrons. The van der Waals surface area contributed by atoms with Crippen LogP contribution in [-0.4, -0.2) is 4.98 Å². The van der Waals surface area contributed by atoms with Crippen LogP contribution in [0.25, 0.3) is 31.9 Å². The molecular formula is C24H23NS2. The average Bonchev–Trinajstić information content (AvgIpc) is 3.28. The van der Waals surface area contributed by atoms with Gasteiger partial charge in [-0.1, -0.05) is 42.8 Å². The lowest BCUT2D eigenvalue weighted by atomic mass is 9.86. The molecule has 5 rings (SSSR count). The Morgan fingerprint density at radius 2 is 2.00 bits per heavy atom. The van der Waals surface area contributed by atoms with E-state index in [2.05, 4.69) is 62.5 Å². The zero-order valence-corrected chi connectivity index (χ0v) is 17.6. The van der Waals surface area contributed by atoms with Crippen LogP contribution in [0.5, 0.6) is 0 Å². The largest absolute Gasteiger partial charge is 0.236 e. The van der Waals surface area contributed by atoms with E-state index < -0.39 is 0 Å². The van der Waals surface area contributed by atoms with Crippen molar-refractivity contribution in [3.63, 3.8) is 0 Å². The number of aryl methyl sites for hydroxylation is 2. The topological polar surface area (TPSA) is 12.9 Å². The van der Waals surface area contributed by atoms with Crippen molar-refractivity contribution in [2.24, 2.45) is 5.92 Å². The summed E-state index contributed by atoms with van der Waals surface area (Å²) in [6, 6.07) is 13.3. The highest BCUT2D eigenvalue weighted by atomic mass is 32.1. The molecule has 1 unspecified atom stereocenters. The van der Waals surface area contributed by atoms with Crippen LogP contribution < -0.4 is 0 Å². The molecule has 3 aromatic heterocycles. The van der Waals surface area contributed by atoms with Gasteiger partial charge in [0, 0.05) is 10.3 Å². The molecule has 1 aliphatic rings. The summed E-state index contributed by atoms with van der Waals surface area (Å²) < 4.78 is 0. The fourth-order valence-electron chi connectivity index (χ4n) is 4.38. The van der Waals surface area contributed by atoms with Crippen LogP contribution in [-0.2, 0) is 12.8 Å². The Hall–Kier alpha value is -1.97. The van der Waals surface area contributed by atoms with E-state index >= 15 is 0 Å². The monoisotopic (exact) mass is 389 g/mol. The predicted octanol–water partition coefficient (Wildman–Crippen LogP) is 7.43. The molecule has 0 saturated heterocycles. The molecule has 3 heteroatoms. The summed E-state index contributed by atoms with van der Waals surface area (Å²) in [5.74, 6) is 0.783. The first kappa shape index (κ1) is 17.2. The third kappa shape index (κ3) is 2.84. The van der Waals surface area contributed by atoms with Crippen molar-refractivity contribution >= 4 is 32.9 Å².